The van der Waals surface area contributed by atoms with Crippen LogP contribution in [0.2, 0.25) is 0 Å². The van der Waals surface area contributed by atoms with Crippen molar-refractivity contribution in [3.05, 3.63) is 35.9 Å². The number of hydrogen-bond acceptors (Lipinski definition) is 6. The van der Waals surface area contributed by atoms with Crippen LogP contribution < -0.4 is 5.32 Å². The van der Waals surface area contributed by atoms with Crippen molar-refractivity contribution in [1.82, 2.24) is 5.32 Å². The summed E-state index contributed by atoms with van der Waals surface area (Å²) in [4.78, 5) is 34.2. The monoisotopic (exact) mass is 381 g/mol. The zero-order chi connectivity index (χ0) is 19.0. The molecule has 0 atom stereocenters. The van der Waals surface area contributed by atoms with Gasteiger partial charge in [-0.3, -0.25) is 14.4 Å². The van der Waals surface area contributed by atoms with E-state index in [1.54, 1.807) is 0 Å². The van der Waals surface area contributed by atoms with Gasteiger partial charge in [-0.1, -0.05) is 36.8 Å². The van der Waals surface area contributed by atoms with Crippen molar-refractivity contribution in [3.8, 4) is 0 Å². The van der Waals surface area contributed by atoms with Crippen LogP contribution in [0.1, 0.15) is 37.7 Å². The predicted octanol–water partition coefficient (Wildman–Crippen LogP) is 2.70. The number of amides is 1. The minimum Gasteiger partial charge on any atom is -0.469 e. The van der Waals surface area contributed by atoms with Gasteiger partial charge in [0, 0.05) is 18.7 Å². The Kier molecular flexibility index (Phi) is 12.0. The summed E-state index contributed by atoms with van der Waals surface area (Å²) in [5, 5.41) is 2.83. The van der Waals surface area contributed by atoms with Gasteiger partial charge in [0.2, 0.25) is 5.91 Å². The summed E-state index contributed by atoms with van der Waals surface area (Å²) >= 11 is 1.41. The Bertz CT molecular complexity index is 550. The number of benzene rings is 1. The Morgan fingerprint density at radius 1 is 1.00 bits per heavy atom. The van der Waals surface area contributed by atoms with Gasteiger partial charge in [0.05, 0.1) is 19.3 Å². The van der Waals surface area contributed by atoms with E-state index in [-0.39, 0.29) is 17.8 Å². The molecule has 0 bridgehead atoms. The number of esters is 2. The molecule has 0 unspecified atom stereocenters. The number of ether oxygens (including phenoxy) is 2. The molecule has 1 amide bonds. The summed E-state index contributed by atoms with van der Waals surface area (Å²) in [5.41, 5.74) is 0.980. The molecule has 0 saturated heterocycles. The van der Waals surface area contributed by atoms with Crippen molar-refractivity contribution in [1.29, 1.82) is 0 Å². The van der Waals surface area contributed by atoms with Crippen LogP contribution in [0.15, 0.2) is 30.3 Å². The molecule has 1 aromatic rings. The van der Waals surface area contributed by atoms with Crippen molar-refractivity contribution in [2.45, 2.75) is 38.7 Å². The lowest BCUT2D eigenvalue weighted by atomic mass is 10.2. The van der Waals surface area contributed by atoms with Crippen molar-refractivity contribution >= 4 is 29.6 Å². The Labute approximate surface area is 159 Å². The minimum atomic E-state index is -0.264. The molecule has 0 heterocycles. The van der Waals surface area contributed by atoms with E-state index in [2.05, 4.69) is 10.1 Å². The van der Waals surface area contributed by atoms with E-state index in [0.29, 0.717) is 37.5 Å². The Balaban J connectivity index is 1.92. The van der Waals surface area contributed by atoms with Crippen LogP contribution in [0.4, 0.5) is 0 Å². The van der Waals surface area contributed by atoms with E-state index >= 15 is 0 Å². The number of rotatable bonds is 13. The first-order valence-electron chi connectivity index (χ1n) is 8.72. The lowest BCUT2D eigenvalue weighted by Crippen LogP contribution is -2.26. The van der Waals surface area contributed by atoms with E-state index in [4.69, 9.17) is 4.74 Å². The molecular weight excluding hydrogens is 354 g/mol. The molecule has 1 aromatic carbocycles. The molecule has 144 valence electrons. The Morgan fingerprint density at radius 2 is 1.77 bits per heavy atom. The third-order valence-corrected chi connectivity index (χ3v) is 4.49. The molecule has 0 aliphatic heterocycles. The molecule has 7 heteroatoms. The van der Waals surface area contributed by atoms with E-state index < -0.39 is 0 Å². The standard InChI is InChI=1S/C19H27NO5S/c1-24-18(22)11-13-26-15-17(21)20-12-7-3-6-10-19(23)25-14-16-8-4-2-5-9-16/h2,4-5,8-9H,3,6-7,10-15H2,1H3,(H,20,21). The van der Waals surface area contributed by atoms with Crippen LogP contribution in [-0.2, 0) is 30.5 Å². The van der Waals surface area contributed by atoms with Gasteiger partial charge in [0.15, 0.2) is 0 Å². The fourth-order valence-electron chi connectivity index (χ4n) is 2.08. The summed E-state index contributed by atoms with van der Waals surface area (Å²) in [5.74, 6) is 0.413. The second-order valence-electron chi connectivity index (χ2n) is 5.69. The first kappa shape index (κ1) is 22.0. The third-order valence-electron chi connectivity index (χ3n) is 3.53. The van der Waals surface area contributed by atoms with E-state index in [0.717, 1.165) is 24.8 Å². The highest BCUT2D eigenvalue weighted by molar-refractivity contribution is 7.99. The summed E-state index contributed by atoms with van der Waals surface area (Å²) in [6, 6.07) is 9.59. The third kappa shape index (κ3) is 11.5. The number of nitrogens with one attached hydrogen (secondary N) is 1. The quantitative estimate of drug-likeness (QED) is 0.418. The number of hydrogen-bond donors (Lipinski definition) is 1. The summed E-state index contributed by atoms with van der Waals surface area (Å²) in [6.45, 7) is 0.902. The van der Waals surface area contributed by atoms with Crippen LogP contribution >= 0.6 is 11.8 Å². The fraction of sp³-hybridized carbons (Fsp3) is 0.526. The average molecular weight is 381 g/mol. The molecule has 0 fully saturated rings. The van der Waals surface area contributed by atoms with Crippen molar-refractivity contribution in [2.75, 3.05) is 25.2 Å². The highest BCUT2D eigenvalue weighted by Crippen LogP contribution is 2.05. The molecule has 26 heavy (non-hydrogen) atoms. The highest BCUT2D eigenvalue weighted by Gasteiger charge is 2.05. The molecule has 6 nitrogen and oxygen atoms in total. The van der Waals surface area contributed by atoms with Crippen molar-refractivity contribution < 1.29 is 23.9 Å². The molecule has 0 aliphatic rings. The largest absolute Gasteiger partial charge is 0.469 e. The summed E-state index contributed by atoms with van der Waals surface area (Å²) < 4.78 is 9.74. The maximum absolute atomic E-state index is 11.6. The number of carbonyl (C=O) groups is 3. The second kappa shape index (κ2) is 14.2. The van der Waals surface area contributed by atoms with Gasteiger partial charge in [0.25, 0.3) is 0 Å². The molecule has 0 aromatic heterocycles. The number of methoxy groups -OCH3 is 1. The minimum absolute atomic E-state index is 0.0397. The number of unbranched alkanes of at least 4 members (excludes halogenated alkanes) is 2. The maximum atomic E-state index is 11.6. The van der Waals surface area contributed by atoms with Gasteiger partial charge in [-0.2, -0.15) is 11.8 Å². The molecule has 1 N–H and O–H groups in total. The maximum Gasteiger partial charge on any atom is 0.306 e. The number of carbonyl (C=O) groups excluding carboxylic acids is 3. The van der Waals surface area contributed by atoms with Crippen molar-refractivity contribution in [3.63, 3.8) is 0 Å². The highest BCUT2D eigenvalue weighted by atomic mass is 32.2. The van der Waals surface area contributed by atoms with Gasteiger partial charge < -0.3 is 14.8 Å². The van der Waals surface area contributed by atoms with E-state index in [1.165, 1.54) is 18.9 Å². The van der Waals surface area contributed by atoms with Gasteiger partial charge in [-0.05, 0) is 18.4 Å². The Hall–Kier alpha value is -2.02. The van der Waals surface area contributed by atoms with Gasteiger partial charge >= 0.3 is 11.9 Å². The Morgan fingerprint density at radius 3 is 2.50 bits per heavy atom. The lowest BCUT2D eigenvalue weighted by Gasteiger charge is -2.06. The van der Waals surface area contributed by atoms with Crippen molar-refractivity contribution in [2.24, 2.45) is 0 Å². The normalized spacial score (nSPS) is 10.2. The first-order valence-corrected chi connectivity index (χ1v) is 9.88. The molecule has 0 spiro atoms. The average Bonchev–Trinajstić information content (AvgIpc) is 2.66. The van der Waals surface area contributed by atoms with Crippen LogP contribution in [0, 0.1) is 0 Å². The number of thioether (sulfide) groups is 1. The molecular formula is C19H27NO5S. The first-order chi connectivity index (χ1) is 12.6. The lowest BCUT2D eigenvalue weighted by molar-refractivity contribution is -0.145. The van der Waals surface area contributed by atoms with E-state index in [1.807, 2.05) is 30.3 Å². The molecule has 0 aliphatic carbocycles. The summed E-state index contributed by atoms with van der Waals surface area (Å²) in [7, 11) is 1.35. The van der Waals surface area contributed by atoms with Crippen LogP contribution in [-0.4, -0.2) is 43.0 Å². The smallest absolute Gasteiger partial charge is 0.306 e. The van der Waals surface area contributed by atoms with Gasteiger partial charge in [0.1, 0.15) is 6.61 Å². The van der Waals surface area contributed by atoms with Crippen LogP contribution in [0.3, 0.4) is 0 Å². The zero-order valence-electron chi connectivity index (χ0n) is 15.2. The second-order valence-corrected chi connectivity index (χ2v) is 6.79. The predicted molar refractivity (Wildman–Crippen MR) is 102 cm³/mol. The van der Waals surface area contributed by atoms with Gasteiger partial charge in [-0.15, -0.1) is 0 Å². The molecule has 1 rings (SSSR count). The van der Waals surface area contributed by atoms with E-state index in [9.17, 15) is 14.4 Å². The van der Waals surface area contributed by atoms with Crippen LogP contribution in [0.5, 0.6) is 0 Å². The fourth-order valence-corrected chi connectivity index (χ4v) is 2.83. The zero-order valence-corrected chi connectivity index (χ0v) is 16.0. The molecule has 0 saturated carbocycles. The molecule has 0 radical (unpaired) electrons. The van der Waals surface area contributed by atoms with Gasteiger partial charge in [-0.25, -0.2) is 0 Å². The summed E-state index contributed by atoms with van der Waals surface area (Å²) in [6.07, 6.45) is 3.14. The topological polar surface area (TPSA) is 81.7 Å². The van der Waals surface area contributed by atoms with Crippen LogP contribution in [0.25, 0.3) is 0 Å². The SMILES string of the molecule is COC(=O)CCSCC(=O)NCCCCCC(=O)OCc1ccccc1.